The predicted octanol–water partition coefficient (Wildman–Crippen LogP) is 4.19. The number of nitrogens with one attached hydrogen (secondary N) is 1. The fourth-order valence-corrected chi connectivity index (χ4v) is 3.38. The highest BCUT2D eigenvalue weighted by atomic mass is 19.4. The predicted molar refractivity (Wildman–Crippen MR) is 99.1 cm³/mol. The molecule has 0 atom stereocenters. The van der Waals surface area contributed by atoms with E-state index in [1.54, 1.807) is 13.0 Å². The first-order valence-corrected chi connectivity index (χ1v) is 9.28. The van der Waals surface area contributed by atoms with E-state index in [4.69, 9.17) is 9.47 Å². The van der Waals surface area contributed by atoms with Gasteiger partial charge in [0.1, 0.15) is 11.6 Å². The first-order valence-electron chi connectivity index (χ1n) is 9.28. The Morgan fingerprint density at radius 2 is 1.93 bits per heavy atom. The standard InChI is InChI=1S/C21H21F4NO3/c1-2-28-20(27)10-13-3-6-19(29-12-21(23,24)25)16(9-13)14-4-5-18(22)15-7-8-26-11-17(14)15/h3-6,9,26H,2,7-8,10-12H2,1H3. The SMILES string of the molecule is CCOC(=O)Cc1ccc(OCC(F)(F)F)c(-c2ccc(F)c3c2CNCC3)c1. The number of esters is 1. The van der Waals surface area contributed by atoms with Crippen LogP contribution < -0.4 is 10.1 Å². The first kappa shape index (κ1) is 21.1. The topological polar surface area (TPSA) is 47.6 Å². The number of benzene rings is 2. The van der Waals surface area contributed by atoms with Crippen molar-refractivity contribution in [2.24, 2.45) is 0 Å². The number of ether oxygens (including phenoxy) is 2. The Morgan fingerprint density at radius 3 is 2.66 bits per heavy atom. The number of carbonyl (C=O) groups excluding carboxylic acids is 1. The van der Waals surface area contributed by atoms with E-state index in [-0.39, 0.29) is 24.6 Å². The quantitative estimate of drug-likeness (QED) is 0.572. The Morgan fingerprint density at radius 1 is 1.14 bits per heavy atom. The molecule has 0 fully saturated rings. The summed E-state index contributed by atoms with van der Waals surface area (Å²) < 4.78 is 62.3. The van der Waals surface area contributed by atoms with Crippen molar-refractivity contribution >= 4 is 5.97 Å². The number of rotatable bonds is 6. The minimum atomic E-state index is -4.50. The van der Waals surface area contributed by atoms with E-state index < -0.39 is 18.8 Å². The van der Waals surface area contributed by atoms with Gasteiger partial charge in [-0.1, -0.05) is 12.1 Å². The zero-order valence-electron chi connectivity index (χ0n) is 15.9. The molecule has 2 aromatic rings. The zero-order chi connectivity index (χ0) is 21.0. The van der Waals surface area contributed by atoms with E-state index >= 15 is 0 Å². The molecule has 4 nitrogen and oxygen atoms in total. The van der Waals surface area contributed by atoms with E-state index in [1.165, 1.54) is 24.3 Å². The summed E-state index contributed by atoms with van der Waals surface area (Å²) in [5.74, 6) is -0.759. The van der Waals surface area contributed by atoms with Crippen LogP contribution in [-0.4, -0.2) is 31.9 Å². The van der Waals surface area contributed by atoms with Crippen LogP contribution >= 0.6 is 0 Å². The van der Waals surface area contributed by atoms with E-state index in [1.807, 2.05) is 0 Å². The number of hydrogen-bond acceptors (Lipinski definition) is 4. The number of fused-ring (bicyclic) bond motifs is 1. The van der Waals surface area contributed by atoms with Gasteiger partial charge >= 0.3 is 12.1 Å². The second kappa shape index (κ2) is 8.82. The Balaban J connectivity index is 2.05. The maximum Gasteiger partial charge on any atom is 0.422 e. The van der Waals surface area contributed by atoms with Gasteiger partial charge < -0.3 is 14.8 Å². The van der Waals surface area contributed by atoms with Crippen LogP contribution in [0.2, 0.25) is 0 Å². The molecule has 0 bridgehead atoms. The molecule has 3 rings (SSSR count). The van der Waals surface area contributed by atoms with Crippen LogP contribution in [0.5, 0.6) is 5.75 Å². The largest absolute Gasteiger partial charge is 0.483 e. The van der Waals surface area contributed by atoms with E-state index in [0.29, 0.717) is 47.3 Å². The van der Waals surface area contributed by atoms with Gasteiger partial charge in [0.05, 0.1) is 13.0 Å². The third-order valence-electron chi connectivity index (χ3n) is 4.61. The van der Waals surface area contributed by atoms with Gasteiger partial charge in [-0.05, 0) is 60.3 Å². The van der Waals surface area contributed by atoms with E-state index in [2.05, 4.69) is 5.32 Å². The van der Waals surface area contributed by atoms with Crippen molar-refractivity contribution in [2.75, 3.05) is 19.8 Å². The summed E-state index contributed by atoms with van der Waals surface area (Å²) in [5.41, 5.74) is 2.76. The average molecular weight is 411 g/mol. The molecule has 1 heterocycles. The fraction of sp³-hybridized carbons (Fsp3) is 0.381. The van der Waals surface area contributed by atoms with Crippen LogP contribution in [0, 0.1) is 5.82 Å². The van der Waals surface area contributed by atoms with Gasteiger partial charge in [0.2, 0.25) is 0 Å². The number of alkyl halides is 3. The molecule has 8 heteroatoms. The molecule has 1 aliphatic heterocycles. The van der Waals surface area contributed by atoms with Crippen LogP contribution in [0.1, 0.15) is 23.6 Å². The summed E-state index contributed by atoms with van der Waals surface area (Å²) in [4.78, 5) is 11.8. The monoisotopic (exact) mass is 411 g/mol. The number of halogens is 4. The van der Waals surface area contributed by atoms with Crippen LogP contribution in [-0.2, 0) is 28.9 Å². The molecular weight excluding hydrogens is 390 g/mol. The second-order valence-electron chi connectivity index (χ2n) is 6.69. The minimum absolute atomic E-state index is 0.0225. The highest BCUT2D eigenvalue weighted by Crippen LogP contribution is 2.37. The molecule has 0 radical (unpaired) electrons. The number of carbonyl (C=O) groups is 1. The molecule has 1 aliphatic rings. The summed E-state index contributed by atoms with van der Waals surface area (Å²) in [7, 11) is 0. The Kier molecular flexibility index (Phi) is 6.42. The molecule has 0 aliphatic carbocycles. The smallest absolute Gasteiger partial charge is 0.422 e. The van der Waals surface area contributed by atoms with Gasteiger partial charge in [0.15, 0.2) is 6.61 Å². The summed E-state index contributed by atoms with van der Waals surface area (Å²) in [6, 6.07) is 7.38. The van der Waals surface area contributed by atoms with E-state index in [9.17, 15) is 22.4 Å². The summed E-state index contributed by atoms with van der Waals surface area (Å²) >= 11 is 0. The lowest BCUT2D eigenvalue weighted by Crippen LogP contribution is -2.25. The Hall–Kier alpha value is -2.61. The molecule has 1 N–H and O–H groups in total. The molecule has 2 aromatic carbocycles. The van der Waals surface area contributed by atoms with Crippen LogP contribution in [0.15, 0.2) is 30.3 Å². The minimum Gasteiger partial charge on any atom is -0.483 e. The highest BCUT2D eigenvalue weighted by Gasteiger charge is 2.29. The summed E-state index contributed by atoms with van der Waals surface area (Å²) in [5, 5.41) is 3.16. The maximum atomic E-state index is 14.2. The van der Waals surface area contributed by atoms with Gasteiger partial charge in [0.25, 0.3) is 0 Å². The van der Waals surface area contributed by atoms with Crippen LogP contribution in [0.3, 0.4) is 0 Å². The van der Waals surface area contributed by atoms with Crippen molar-refractivity contribution in [1.29, 1.82) is 0 Å². The maximum absolute atomic E-state index is 14.2. The lowest BCUT2D eigenvalue weighted by molar-refractivity contribution is -0.153. The van der Waals surface area contributed by atoms with Gasteiger partial charge in [0, 0.05) is 12.1 Å². The number of hydrogen-bond donors (Lipinski definition) is 1. The Labute approximate surface area is 165 Å². The van der Waals surface area contributed by atoms with Gasteiger partial charge in [-0.2, -0.15) is 13.2 Å². The van der Waals surface area contributed by atoms with Crippen molar-refractivity contribution in [1.82, 2.24) is 5.32 Å². The molecule has 0 unspecified atom stereocenters. The molecular formula is C21H21F4NO3. The van der Waals surface area contributed by atoms with Gasteiger partial charge in [-0.3, -0.25) is 4.79 Å². The molecule has 0 amide bonds. The molecule has 0 saturated heterocycles. The van der Waals surface area contributed by atoms with Crippen molar-refractivity contribution in [3.05, 3.63) is 52.8 Å². The molecule has 156 valence electrons. The normalized spacial score (nSPS) is 13.7. The third-order valence-corrected chi connectivity index (χ3v) is 4.61. The molecule has 0 aromatic heterocycles. The van der Waals surface area contributed by atoms with Crippen molar-refractivity contribution < 1.29 is 31.8 Å². The van der Waals surface area contributed by atoms with Gasteiger partial charge in [-0.25, -0.2) is 4.39 Å². The average Bonchev–Trinajstić information content (AvgIpc) is 2.67. The van der Waals surface area contributed by atoms with Crippen molar-refractivity contribution in [3.63, 3.8) is 0 Å². The van der Waals surface area contributed by atoms with Crippen molar-refractivity contribution in [3.8, 4) is 16.9 Å². The molecule has 0 spiro atoms. The van der Waals surface area contributed by atoms with Crippen LogP contribution in [0.4, 0.5) is 17.6 Å². The lowest BCUT2D eigenvalue weighted by atomic mass is 9.90. The van der Waals surface area contributed by atoms with Crippen molar-refractivity contribution in [2.45, 2.75) is 32.5 Å². The second-order valence-corrected chi connectivity index (χ2v) is 6.69. The first-order chi connectivity index (χ1) is 13.8. The fourth-order valence-electron chi connectivity index (χ4n) is 3.38. The highest BCUT2D eigenvalue weighted by molar-refractivity contribution is 5.78. The van der Waals surface area contributed by atoms with E-state index in [0.717, 1.165) is 0 Å². The summed E-state index contributed by atoms with van der Waals surface area (Å²) in [6.45, 7) is 1.49. The summed E-state index contributed by atoms with van der Waals surface area (Å²) in [6.07, 6.45) is -4.04. The lowest BCUT2D eigenvalue weighted by Gasteiger charge is -2.23. The Bertz CT molecular complexity index is 896. The molecule has 29 heavy (non-hydrogen) atoms. The molecule has 0 saturated carbocycles. The van der Waals surface area contributed by atoms with Gasteiger partial charge in [-0.15, -0.1) is 0 Å². The third kappa shape index (κ3) is 5.26. The zero-order valence-corrected chi connectivity index (χ0v) is 15.9. The van der Waals surface area contributed by atoms with Crippen LogP contribution in [0.25, 0.3) is 11.1 Å².